The van der Waals surface area contributed by atoms with Crippen molar-refractivity contribution >= 4 is 34.3 Å². The summed E-state index contributed by atoms with van der Waals surface area (Å²) < 4.78 is 117. The zero-order valence-corrected chi connectivity index (χ0v) is 21.6. The van der Waals surface area contributed by atoms with Crippen molar-refractivity contribution in [3.05, 3.63) is 47.4 Å². The van der Waals surface area contributed by atoms with Gasteiger partial charge in [0.05, 0.1) is 50.8 Å². The van der Waals surface area contributed by atoms with Crippen molar-refractivity contribution in [1.82, 2.24) is 9.99 Å². The molecule has 1 aliphatic rings. The molecular formula is C22H22F8N6O4S. The van der Waals surface area contributed by atoms with Crippen LogP contribution in [0.2, 0.25) is 0 Å². The van der Waals surface area contributed by atoms with Gasteiger partial charge < -0.3 is 14.8 Å². The Morgan fingerprint density at radius 1 is 1.22 bits per heavy atom. The molecule has 2 heterocycles. The van der Waals surface area contributed by atoms with Gasteiger partial charge in [-0.1, -0.05) is 11.8 Å². The fraction of sp³-hybridized carbons (Fsp3) is 0.409. The molecule has 19 heteroatoms. The molecule has 0 radical (unpaired) electrons. The van der Waals surface area contributed by atoms with E-state index in [2.05, 4.69) is 10.5 Å². The van der Waals surface area contributed by atoms with E-state index in [1.807, 2.05) is 5.32 Å². The third-order valence-corrected chi connectivity index (χ3v) is 6.39. The molecule has 226 valence electrons. The van der Waals surface area contributed by atoms with Gasteiger partial charge in [0.2, 0.25) is 0 Å². The molecule has 0 spiro atoms. The predicted molar refractivity (Wildman–Crippen MR) is 129 cm³/mol. The minimum Gasteiger partial charge on any atom is -0.376 e. The predicted octanol–water partition coefficient (Wildman–Crippen LogP) is 4.35. The molecule has 0 bridgehead atoms. The summed E-state index contributed by atoms with van der Waals surface area (Å²) in [5.41, 5.74) is 0.355. The molecular weight excluding hydrogens is 596 g/mol. The highest BCUT2D eigenvalue weighted by molar-refractivity contribution is 8.13. The molecule has 0 saturated carbocycles. The second kappa shape index (κ2) is 12.7. The average Bonchev–Trinajstić information content (AvgIpc) is 2.90. The van der Waals surface area contributed by atoms with E-state index >= 15 is 0 Å². The van der Waals surface area contributed by atoms with Crippen molar-refractivity contribution in [2.45, 2.75) is 29.0 Å². The first kappa shape index (κ1) is 32.3. The molecule has 41 heavy (non-hydrogen) atoms. The molecule has 1 unspecified atom stereocenters. The maximum atomic E-state index is 14.5. The first-order chi connectivity index (χ1) is 19.1. The molecule has 3 rings (SSSR count). The van der Waals surface area contributed by atoms with Gasteiger partial charge in [0.25, 0.3) is 5.91 Å². The average molecular weight is 619 g/mol. The number of rotatable bonds is 9. The minimum absolute atomic E-state index is 0.0657. The summed E-state index contributed by atoms with van der Waals surface area (Å²) in [6.45, 7) is 1.06. The number of amides is 1. The summed E-state index contributed by atoms with van der Waals surface area (Å²) in [5.74, 6) is -10.4. The van der Waals surface area contributed by atoms with Gasteiger partial charge in [-0.25, -0.2) is 15.2 Å². The topological polar surface area (TPSA) is 135 Å². The Morgan fingerprint density at radius 2 is 1.93 bits per heavy atom. The standard InChI is InChI=1S/C22H22F8N6O4S/c1-38-35-12-2-3-16(41-19(31)36(32)9-13-10-39-4-5-40-13)14(7-12)18(37)34-17-15(23)6-11(8-33-17)20(24,25)21(26,27)22(28,29)30/h2-3,6-8,13,31,35H,4-5,9-10,32H2,1H3,(H,33,34,37). The number of pyridine rings is 1. The smallest absolute Gasteiger partial charge is 0.376 e. The van der Waals surface area contributed by atoms with Crippen molar-refractivity contribution in [3.63, 3.8) is 0 Å². The Hall–Kier alpha value is -3.26. The van der Waals surface area contributed by atoms with E-state index in [1.165, 1.54) is 25.3 Å². The minimum atomic E-state index is -6.64. The maximum Gasteiger partial charge on any atom is 0.460 e. The number of anilines is 2. The molecule has 1 fully saturated rings. The van der Waals surface area contributed by atoms with Gasteiger partial charge in [0.15, 0.2) is 16.8 Å². The number of amidine groups is 1. The number of alkyl halides is 7. The van der Waals surface area contributed by atoms with Gasteiger partial charge in [0.1, 0.15) is 0 Å². The van der Waals surface area contributed by atoms with Gasteiger partial charge in [0, 0.05) is 16.7 Å². The Labute approximate surface area is 230 Å². The molecule has 2 aromatic rings. The van der Waals surface area contributed by atoms with Crippen molar-refractivity contribution < 1.29 is 54.2 Å². The van der Waals surface area contributed by atoms with Crippen molar-refractivity contribution in [1.29, 1.82) is 5.41 Å². The van der Waals surface area contributed by atoms with Crippen LogP contribution in [0.25, 0.3) is 0 Å². The quantitative estimate of drug-likeness (QED) is 0.0808. The lowest BCUT2D eigenvalue weighted by atomic mass is 10.0. The van der Waals surface area contributed by atoms with E-state index in [0.717, 1.165) is 5.01 Å². The molecule has 1 aliphatic heterocycles. The van der Waals surface area contributed by atoms with Crippen LogP contribution >= 0.6 is 11.8 Å². The zero-order chi connectivity index (χ0) is 30.6. The van der Waals surface area contributed by atoms with E-state index in [-0.39, 0.29) is 46.7 Å². The Kier molecular flexibility index (Phi) is 10.0. The summed E-state index contributed by atoms with van der Waals surface area (Å²) in [6.07, 6.45) is -7.18. The van der Waals surface area contributed by atoms with E-state index < -0.39 is 47.2 Å². The van der Waals surface area contributed by atoms with E-state index in [4.69, 9.17) is 25.6 Å². The van der Waals surface area contributed by atoms with Crippen molar-refractivity contribution in [2.75, 3.05) is 44.3 Å². The summed E-state index contributed by atoms with van der Waals surface area (Å²) in [4.78, 5) is 21.0. The van der Waals surface area contributed by atoms with Crippen LogP contribution < -0.4 is 16.6 Å². The van der Waals surface area contributed by atoms with Crippen molar-refractivity contribution in [3.8, 4) is 0 Å². The second-order valence-electron chi connectivity index (χ2n) is 8.30. The monoisotopic (exact) mass is 618 g/mol. The molecule has 1 aromatic heterocycles. The number of hydrogen-bond acceptors (Lipinski definition) is 9. The highest BCUT2D eigenvalue weighted by Crippen LogP contribution is 2.51. The lowest BCUT2D eigenvalue weighted by Gasteiger charge is -2.28. The fourth-order valence-corrected chi connectivity index (χ4v) is 4.12. The first-order valence-corrected chi connectivity index (χ1v) is 12.1. The van der Waals surface area contributed by atoms with Crippen LogP contribution in [-0.4, -0.2) is 72.7 Å². The summed E-state index contributed by atoms with van der Waals surface area (Å²) in [7, 11) is 1.26. The number of thioether (sulfide) groups is 1. The van der Waals surface area contributed by atoms with Crippen molar-refractivity contribution in [2.24, 2.45) is 5.84 Å². The normalized spacial score (nSPS) is 16.3. The number of nitrogens with zero attached hydrogens (tertiary/aromatic N) is 2. The fourth-order valence-electron chi connectivity index (χ4n) is 3.32. The van der Waals surface area contributed by atoms with E-state index in [9.17, 15) is 39.9 Å². The number of carbonyl (C=O) groups is 1. The van der Waals surface area contributed by atoms with Crippen LogP contribution in [0.5, 0.6) is 0 Å². The molecule has 1 saturated heterocycles. The van der Waals surface area contributed by atoms with E-state index in [1.54, 1.807) is 0 Å². The Morgan fingerprint density at radius 3 is 2.51 bits per heavy atom. The third kappa shape index (κ3) is 7.34. The van der Waals surface area contributed by atoms with E-state index in [0.29, 0.717) is 25.0 Å². The molecule has 1 atom stereocenters. The first-order valence-electron chi connectivity index (χ1n) is 11.3. The van der Waals surface area contributed by atoms with Gasteiger partial charge in [-0.05, 0) is 24.3 Å². The van der Waals surface area contributed by atoms with Crippen LogP contribution in [0.4, 0.5) is 46.6 Å². The zero-order valence-electron chi connectivity index (χ0n) is 20.8. The third-order valence-electron chi connectivity index (χ3n) is 5.38. The molecule has 5 N–H and O–H groups in total. The van der Waals surface area contributed by atoms with Crippen LogP contribution in [-0.2, 0) is 20.2 Å². The van der Waals surface area contributed by atoms with Gasteiger partial charge >= 0.3 is 18.0 Å². The summed E-state index contributed by atoms with van der Waals surface area (Å²) in [5, 5.41) is 11.0. The number of ether oxygens (including phenoxy) is 2. The van der Waals surface area contributed by atoms with Gasteiger partial charge in [-0.2, -0.15) is 30.7 Å². The number of carbonyl (C=O) groups excluding carboxylic acids is 1. The number of benzene rings is 1. The molecule has 0 aliphatic carbocycles. The summed E-state index contributed by atoms with van der Waals surface area (Å²) in [6, 6.07) is 3.74. The molecule has 1 aromatic carbocycles. The van der Waals surface area contributed by atoms with Crippen LogP contribution in [0.3, 0.4) is 0 Å². The second-order valence-corrected chi connectivity index (χ2v) is 9.33. The number of hydrazine groups is 1. The largest absolute Gasteiger partial charge is 0.460 e. The Balaban J connectivity index is 1.83. The SMILES string of the molecule is CONc1ccc(SC(=N)N(N)CC2COCCO2)c(C(=O)Nc2ncc(C(F)(F)C(F)(F)C(F)(F)F)cc2F)c1. The number of halogens is 8. The van der Waals surface area contributed by atoms with Crippen LogP contribution in [0, 0.1) is 11.2 Å². The van der Waals surface area contributed by atoms with Gasteiger partial charge in [-0.15, -0.1) is 0 Å². The lowest BCUT2D eigenvalue weighted by molar-refractivity contribution is -0.359. The Bertz CT molecular complexity index is 1260. The number of aromatic nitrogens is 1. The van der Waals surface area contributed by atoms with Gasteiger partial charge in [-0.3, -0.25) is 25.5 Å². The molecule has 10 nitrogen and oxygen atoms in total. The number of nitrogens with one attached hydrogen (secondary N) is 3. The highest BCUT2D eigenvalue weighted by Gasteiger charge is 2.73. The number of hydrogen-bond donors (Lipinski definition) is 4. The highest BCUT2D eigenvalue weighted by atomic mass is 32.2. The van der Waals surface area contributed by atoms with Crippen LogP contribution in [0.1, 0.15) is 15.9 Å². The molecule has 1 amide bonds. The lowest BCUT2D eigenvalue weighted by Crippen LogP contribution is -2.50. The number of nitrogens with two attached hydrogens (primary N) is 1. The maximum absolute atomic E-state index is 14.5. The van der Waals surface area contributed by atoms with Crippen LogP contribution in [0.15, 0.2) is 35.4 Å². The summed E-state index contributed by atoms with van der Waals surface area (Å²) >= 11 is 0.703.